The molecule has 1 atom stereocenters. The maximum Gasteiger partial charge on any atom is 0.395 e. The number of carbonyl (C=O) groups is 3. The molecule has 25 heavy (non-hydrogen) atoms. The van der Waals surface area contributed by atoms with Gasteiger partial charge in [-0.15, -0.1) is 0 Å². The van der Waals surface area contributed by atoms with E-state index in [1.54, 1.807) is 0 Å². The molecule has 1 saturated heterocycles. The molecule has 130 valence electrons. The van der Waals surface area contributed by atoms with E-state index in [0.717, 1.165) is 16.2 Å². The fraction of sp³-hybridized carbons (Fsp3) is 0.312. The van der Waals surface area contributed by atoms with Crippen molar-refractivity contribution < 1.29 is 19.0 Å². The Kier molecular flexibility index (Phi) is 3.99. The van der Waals surface area contributed by atoms with Crippen molar-refractivity contribution in [3.63, 3.8) is 0 Å². The molecule has 3 rings (SSSR count). The Bertz CT molecular complexity index is 844. The molecule has 1 unspecified atom stereocenters. The highest BCUT2D eigenvalue weighted by Gasteiger charge is 2.51. The van der Waals surface area contributed by atoms with Crippen molar-refractivity contribution in [2.45, 2.75) is 13.0 Å². The molecule has 9 nitrogen and oxygen atoms in total. The van der Waals surface area contributed by atoms with Gasteiger partial charge in [-0.05, 0) is 24.6 Å². The normalized spacial score (nSPS) is 20.0. The molecule has 2 aliphatic rings. The van der Waals surface area contributed by atoms with E-state index in [-0.39, 0.29) is 12.4 Å². The molecule has 0 aliphatic carbocycles. The van der Waals surface area contributed by atoms with Crippen LogP contribution in [0, 0.1) is 6.92 Å². The molecule has 0 radical (unpaired) electrons. The molecule has 9 heteroatoms. The molecule has 1 fully saturated rings. The van der Waals surface area contributed by atoms with Crippen LogP contribution in [0.25, 0.3) is 0 Å². The standard InChI is InChI=1S/C16H18N6O3/c1-9-5-4-6-10(7-9)18-15-19-13-12(22(15)8-11(17)23)14(24)21(3)16(25)20(13)2/h4-7,12H,8H2,1-3H3,(H2,17,23)/p+1. The summed E-state index contributed by atoms with van der Waals surface area (Å²) in [6.45, 7) is 1.75. The van der Waals surface area contributed by atoms with Crippen LogP contribution in [0.5, 0.6) is 0 Å². The molecule has 0 aromatic heterocycles. The van der Waals surface area contributed by atoms with E-state index in [1.165, 1.54) is 23.6 Å². The van der Waals surface area contributed by atoms with Gasteiger partial charge in [-0.3, -0.25) is 19.4 Å². The molecule has 4 amide bonds. The smallest absolute Gasteiger partial charge is 0.367 e. The molecule has 0 spiro atoms. The number of imide groups is 1. The summed E-state index contributed by atoms with van der Waals surface area (Å²) in [6, 6.07) is 6.22. The molecule has 0 bridgehead atoms. The van der Waals surface area contributed by atoms with Gasteiger partial charge in [-0.25, -0.2) is 14.7 Å². The molecular formula is C16H19N6O3+. The topological polar surface area (TPSA) is 111 Å². The van der Waals surface area contributed by atoms with Crippen molar-refractivity contribution in [3.8, 4) is 0 Å². The number of nitrogens with zero attached hydrogens (tertiary/aromatic N) is 4. The minimum atomic E-state index is -0.868. The Morgan fingerprint density at radius 1 is 1.32 bits per heavy atom. The van der Waals surface area contributed by atoms with Crippen LogP contribution in [0.4, 0.5) is 10.5 Å². The summed E-state index contributed by atoms with van der Waals surface area (Å²) < 4.78 is 1.47. The lowest BCUT2D eigenvalue weighted by Crippen LogP contribution is -2.62. The van der Waals surface area contributed by atoms with E-state index in [0.29, 0.717) is 5.96 Å². The number of benzene rings is 1. The van der Waals surface area contributed by atoms with Crippen molar-refractivity contribution in [2.24, 2.45) is 10.7 Å². The number of amides is 4. The lowest BCUT2D eigenvalue weighted by molar-refractivity contribution is -0.523. The maximum atomic E-state index is 12.6. The Balaban J connectivity index is 2.04. The number of aliphatic imine (C=N–C) groups is 1. The fourth-order valence-corrected chi connectivity index (χ4v) is 2.88. The zero-order valence-electron chi connectivity index (χ0n) is 14.2. The van der Waals surface area contributed by atoms with E-state index in [4.69, 9.17) is 5.73 Å². The summed E-state index contributed by atoms with van der Waals surface area (Å²) >= 11 is 0. The summed E-state index contributed by atoms with van der Waals surface area (Å²) in [5.41, 5.74) is 7.13. The zero-order valence-corrected chi connectivity index (χ0v) is 14.2. The van der Waals surface area contributed by atoms with Crippen molar-refractivity contribution >= 4 is 35.3 Å². The van der Waals surface area contributed by atoms with E-state index < -0.39 is 23.9 Å². The number of aryl methyl sites for hydroxylation is 1. The third kappa shape index (κ3) is 2.84. The van der Waals surface area contributed by atoms with Gasteiger partial charge in [0, 0.05) is 14.1 Å². The number of nitrogens with two attached hydrogens (primary N) is 1. The first-order valence-electron chi connectivity index (χ1n) is 7.69. The van der Waals surface area contributed by atoms with Gasteiger partial charge in [0.05, 0.1) is 5.69 Å². The average molecular weight is 343 g/mol. The second kappa shape index (κ2) is 6.00. The van der Waals surface area contributed by atoms with Gasteiger partial charge in [-0.2, -0.15) is 0 Å². The highest BCUT2D eigenvalue weighted by Crippen LogP contribution is 2.20. The minimum absolute atomic E-state index is 0.201. The molecule has 2 heterocycles. The number of primary amides is 1. The second-order valence-corrected chi connectivity index (χ2v) is 6.02. The predicted molar refractivity (Wildman–Crippen MR) is 91.3 cm³/mol. The quantitative estimate of drug-likeness (QED) is 0.725. The first-order chi connectivity index (χ1) is 11.8. The van der Waals surface area contributed by atoms with Gasteiger partial charge >= 0.3 is 12.0 Å². The number of hydrogen-bond acceptors (Lipinski definition) is 5. The zero-order chi connectivity index (χ0) is 18.3. The maximum absolute atomic E-state index is 12.6. The summed E-state index contributed by atoms with van der Waals surface area (Å²) in [5, 5.41) is 3.10. The van der Waals surface area contributed by atoms with Crippen LogP contribution in [0.3, 0.4) is 0 Å². The summed E-state index contributed by atoms with van der Waals surface area (Å²) in [4.78, 5) is 42.9. The summed E-state index contributed by atoms with van der Waals surface area (Å²) in [5.74, 6) is -0.489. The number of hydrogen-bond donors (Lipinski definition) is 2. The molecule has 3 N–H and O–H groups in total. The number of carbonyl (C=O) groups excluding carboxylic acids is 3. The van der Waals surface area contributed by atoms with Gasteiger partial charge in [0.2, 0.25) is 11.9 Å². The lowest BCUT2D eigenvalue weighted by atomic mass is 10.1. The third-order valence-electron chi connectivity index (χ3n) is 4.13. The van der Waals surface area contributed by atoms with E-state index >= 15 is 0 Å². The Labute approximate surface area is 144 Å². The van der Waals surface area contributed by atoms with Crippen LogP contribution in [-0.4, -0.2) is 70.7 Å². The van der Waals surface area contributed by atoms with Crippen LogP contribution < -0.4 is 11.1 Å². The number of fused-ring (bicyclic) bond motifs is 1. The SMILES string of the molecule is Cc1cccc(NC2=[N+](CC(N)=O)C3C(=O)N(C)C(=O)N(C)C3=N2)c1. The first kappa shape index (κ1) is 16.6. The lowest BCUT2D eigenvalue weighted by Gasteiger charge is -2.31. The van der Waals surface area contributed by atoms with Crippen LogP contribution in [0.15, 0.2) is 29.3 Å². The molecule has 2 aliphatic heterocycles. The van der Waals surface area contributed by atoms with E-state index in [9.17, 15) is 14.4 Å². The second-order valence-electron chi connectivity index (χ2n) is 6.02. The van der Waals surface area contributed by atoms with Crippen molar-refractivity contribution in [1.82, 2.24) is 9.80 Å². The van der Waals surface area contributed by atoms with Crippen LogP contribution in [0.2, 0.25) is 0 Å². The van der Waals surface area contributed by atoms with Gasteiger partial charge < -0.3 is 5.73 Å². The van der Waals surface area contributed by atoms with E-state index in [1.807, 2.05) is 31.2 Å². The predicted octanol–water partition coefficient (Wildman–Crippen LogP) is -0.435. The highest BCUT2D eigenvalue weighted by molar-refractivity contribution is 6.23. The summed E-state index contributed by atoms with van der Waals surface area (Å²) in [6.07, 6.45) is 0. The third-order valence-corrected chi connectivity index (χ3v) is 4.13. The Morgan fingerprint density at radius 2 is 2.04 bits per heavy atom. The van der Waals surface area contributed by atoms with Crippen LogP contribution >= 0.6 is 0 Å². The molecular weight excluding hydrogens is 324 g/mol. The monoisotopic (exact) mass is 343 g/mol. The Morgan fingerprint density at radius 3 is 2.68 bits per heavy atom. The minimum Gasteiger partial charge on any atom is -0.367 e. The number of likely N-dealkylation sites (N-methyl/N-ethyl adjacent to an activating group) is 2. The number of rotatable bonds is 3. The Hall–Kier alpha value is -3.23. The van der Waals surface area contributed by atoms with E-state index in [2.05, 4.69) is 10.3 Å². The average Bonchev–Trinajstić information content (AvgIpc) is 2.89. The summed E-state index contributed by atoms with van der Waals surface area (Å²) in [7, 11) is 2.93. The fourth-order valence-electron chi connectivity index (χ4n) is 2.88. The van der Waals surface area contributed by atoms with Crippen molar-refractivity contribution in [1.29, 1.82) is 0 Å². The van der Waals surface area contributed by atoms with Crippen molar-refractivity contribution in [2.75, 3.05) is 26.0 Å². The number of urea groups is 1. The van der Waals surface area contributed by atoms with Crippen molar-refractivity contribution in [3.05, 3.63) is 29.8 Å². The van der Waals surface area contributed by atoms with Crippen LogP contribution in [0.1, 0.15) is 5.56 Å². The number of anilines is 1. The van der Waals surface area contributed by atoms with Gasteiger partial charge in [0.1, 0.15) is 6.54 Å². The number of nitrogens with one attached hydrogen (secondary N) is 1. The molecule has 0 saturated carbocycles. The molecule has 1 aromatic rings. The number of amidine groups is 1. The van der Waals surface area contributed by atoms with Gasteiger partial charge in [0.25, 0.3) is 11.8 Å². The first-order valence-corrected chi connectivity index (χ1v) is 7.69. The number of guanidine groups is 1. The molecule has 1 aromatic carbocycles. The highest BCUT2D eigenvalue weighted by atomic mass is 16.2. The van der Waals surface area contributed by atoms with Gasteiger partial charge in [-0.1, -0.05) is 17.1 Å². The van der Waals surface area contributed by atoms with Crippen LogP contribution in [-0.2, 0) is 9.59 Å². The largest absolute Gasteiger partial charge is 0.395 e. The van der Waals surface area contributed by atoms with Gasteiger partial charge in [0.15, 0.2) is 0 Å².